The van der Waals surface area contributed by atoms with E-state index in [9.17, 15) is 4.79 Å². The van der Waals surface area contributed by atoms with E-state index in [2.05, 4.69) is 5.32 Å². The van der Waals surface area contributed by atoms with Crippen LogP contribution in [-0.4, -0.2) is 13.1 Å². The van der Waals surface area contributed by atoms with Gasteiger partial charge in [0.2, 0.25) is 0 Å². The van der Waals surface area contributed by atoms with Crippen molar-refractivity contribution in [3.8, 4) is 0 Å². The molecule has 0 amide bonds. The lowest BCUT2D eigenvalue weighted by Gasteiger charge is -2.10. The standard InChI is InChI=1S/C15H16N2O2/c1-10-4-3-5-11(8-10)17-12-6-7-14(16)13(9-12)15(18)19-2/h3-9,17H,16H2,1-2H3. The van der Waals surface area contributed by atoms with Crippen LogP contribution < -0.4 is 11.1 Å². The minimum Gasteiger partial charge on any atom is -0.465 e. The molecule has 2 aromatic rings. The summed E-state index contributed by atoms with van der Waals surface area (Å²) in [6.45, 7) is 2.02. The molecule has 2 rings (SSSR count). The minimum atomic E-state index is -0.439. The summed E-state index contributed by atoms with van der Waals surface area (Å²) in [6, 6.07) is 13.2. The number of hydrogen-bond donors (Lipinski definition) is 2. The van der Waals surface area contributed by atoms with E-state index in [0.717, 1.165) is 16.9 Å². The molecular weight excluding hydrogens is 240 g/mol. The number of benzene rings is 2. The maximum Gasteiger partial charge on any atom is 0.340 e. The number of ether oxygens (including phenoxy) is 1. The van der Waals surface area contributed by atoms with E-state index in [1.165, 1.54) is 7.11 Å². The van der Waals surface area contributed by atoms with Gasteiger partial charge in [-0.25, -0.2) is 4.79 Å². The lowest BCUT2D eigenvalue weighted by Crippen LogP contribution is -2.06. The third-order valence-electron chi connectivity index (χ3n) is 2.77. The Kier molecular flexibility index (Phi) is 3.71. The number of carbonyl (C=O) groups is 1. The summed E-state index contributed by atoms with van der Waals surface area (Å²) in [6.07, 6.45) is 0. The summed E-state index contributed by atoms with van der Waals surface area (Å²) >= 11 is 0. The highest BCUT2D eigenvalue weighted by Crippen LogP contribution is 2.22. The van der Waals surface area contributed by atoms with Crippen LogP contribution in [0, 0.1) is 6.92 Å². The van der Waals surface area contributed by atoms with E-state index in [4.69, 9.17) is 10.5 Å². The summed E-state index contributed by atoms with van der Waals surface area (Å²) in [4.78, 5) is 11.6. The van der Waals surface area contributed by atoms with Crippen molar-refractivity contribution in [3.05, 3.63) is 53.6 Å². The number of hydrogen-bond acceptors (Lipinski definition) is 4. The van der Waals surface area contributed by atoms with Gasteiger partial charge >= 0.3 is 5.97 Å². The molecule has 0 aliphatic rings. The number of nitrogens with one attached hydrogen (secondary N) is 1. The SMILES string of the molecule is COC(=O)c1cc(Nc2cccc(C)c2)ccc1N. The Morgan fingerprint density at radius 2 is 1.89 bits per heavy atom. The molecule has 0 saturated carbocycles. The Morgan fingerprint density at radius 1 is 1.16 bits per heavy atom. The van der Waals surface area contributed by atoms with Gasteiger partial charge in [0, 0.05) is 17.1 Å². The van der Waals surface area contributed by atoms with E-state index in [0.29, 0.717) is 11.3 Å². The summed E-state index contributed by atoms with van der Waals surface area (Å²) in [5.41, 5.74) is 9.43. The Hall–Kier alpha value is -2.49. The van der Waals surface area contributed by atoms with Gasteiger partial charge in [-0.2, -0.15) is 0 Å². The van der Waals surface area contributed by atoms with Crippen LogP contribution in [0.2, 0.25) is 0 Å². The van der Waals surface area contributed by atoms with Crippen LogP contribution in [0.3, 0.4) is 0 Å². The van der Waals surface area contributed by atoms with Crippen molar-refractivity contribution in [2.45, 2.75) is 6.92 Å². The first kappa shape index (κ1) is 13.0. The van der Waals surface area contributed by atoms with Crippen LogP contribution >= 0.6 is 0 Å². The van der Waals surface area contributed by atoms with E-state index in [1.807, 2.05) is 37.3 Å². The first-order valence-corrected chi connectivity index (χ1v) is 5.91. The first-order chi connectivity index (χ1) is 9.10. The molecule has 0 saturated heterocycles. The van der Waals surface area contributed by atoms with Crippen LogP contribution in [-0.2, 0) is 4.74 Å². The topological polar surface area (TPSA) is 64.3 Å². The van der Waals surface area contributed by atoms with Gasteiger partial charge in [-0.1, -0.05) is 12.1 Å². The van der Waals surface area contributed by atoms with Gasteiger partial charge in [-0.05, 0) is 42.8 Å². The summed E-state index contributed by atoms with van der Waals surface area (Å²) in [5, 5.41) is 3.23. The lowest BCUT2D eigenvalue weighted by atomic mass is 10.1. The Bertz CT molecular complexity index is 609. The zero-order valence-electron chi connectivity index (χ0n) is 10.9. The highest BCUT2D eigenvalue weighted by atomic mass is 16.5. The van der Waals surface area contributed by atoms with Gasteiger partial charge in [0.15, 0.2) is 0 Å². The number of methoxy groups -OCH3 is 1. The quantitative estimate of drug-likeness (QED) is 0.654. The van der Waals surface area contributed by atoms with Gasteiger partial charge in [0.05, 0.1) is 12.7 Å². The third-order valence-corrected chi connectivity index (χ3v) is 2.77. The Morgan fingerprint density at radius 3 is 2.58 bits per heavy atom. The van der Waals surface area contributed by atoms with E-state index in [1.54, 1.807) is 12.1 Å². The average molecular weight is 256 g/mol. The van der Waals surface area contributed by atoms with Crippen molar-refractivity contribution in [2.75, 3.05) is 18.2 Å². The first-order valence-electron chi connectivity index (χ1n) is 5.91. The molecule has 0 aromatic heterocycles. The number of rotatable bonds is 3. The summed E-state index contributed by atoms with van der Waals surface area (Å²) in [5.74, 6) is -0.439. The van der Waals surface area contributed by atoms with Crippen LogP contribution in [0.5, 0.6) is 0 Å². The number of nitrogens with two attached hydrogens (primary N) is 1. The number of nitrogen functional groups attached to an aromatic ring is 1. The predicted octanol–water partition coefficient (Wildman–Crippen LogP) is 3.11. The molecule has 3 N–H and O–H groups in total. The molecule has 2 aromatic carbocycles. The molecular formula is C15H16N2O2. The molecule has 4 nitrogen and oxygen atoms in total. The second kappa shape index (κ2) is 5.44. The van der Waals surface area contributed by atoms with E-state index in [-0.39, 0.29) is 0 Å². The van der Waals surface area contributed by atoms with Crippen molar-refractivity contribution >= 4 is 23.0 Å². The summed E-state index contributed by atoms with van der Waals surface area (Å²) in [7, 11) is 1.34. The Labute approximate surface area is 112 Å². The summed E-state index contributed by atoms with van der Waals surface area (Å²) < 4.78 is 4.69. The fraction of sp³-hybridized carbons (Fsp3) is 0.133. The Balaban J connectivity index is 2.29. The van der Waals surface area contributed by atoms with Crippen LogP contribution in [0.1, 0.15) is 15.9 Å². The zero-order chi connectivity index (χ0) is 13.8. The van der Waals surface area contributed by atoms with Gasteiger partial charge < -0.3 is 15.8 Å². The lowest BCUT2D eigenvalue weighted by molar-refractivity contribution is 0.0602. The second-order valence-electron chi connectivity index (χ2n) is 4.29. The monoisotopic (exact) mass is 256 g/mol. The highest BCUT2D eigenvalue weighted by Gasteiger charge is 2.10. The van der Waals surface area contributed by atoms with Crippen molar-refractivity contribution < 1.29 is 9.53 Å². The van der Waals surface area contributed by atoms with Crippen molar-refractivity contribution in [1.29, 1.82) is 0 Å². The van der Waals surface area contributed by atoms with Crippen LogP contribution in [0.25, 0.3) is 0 Å². The number of aryl methyl sites for hydroxylation is 1. The smallest absolute Gasteiger partial charge is 0.340 e. The van der Waals surface area contributed by atoms with Gasteiger partial charge in [-0.3, -0.25) is 0 Å². The second-order valence-corrected chi connectivity index (χ2v) is 4.29. The number of carbonyl (C=O) groups excluding carboxylic acids is 1. The molecule has 0 atom stereocenters. The maximum atomic E-state index is 11.6. The van der Waals surface area contributed by atoms with Crippen LogP contribution in [0.15, 0.2) is 42.5 Å². The third kappa shape index (κ3) is 3.04. The normalized spacial score (nSPS) is 10.0. The predicted molar refractivity (Wildman–Crippen MR) is 76.7 cm³/mol. The molecule has 0 radical (unpaired) electrons. The molecule has 0 bridgehead atoms. The molecule has 0 heterocycles. The van der Waals surface area contributed by atoms with Crippen molar-refractivity contribution in [2.24, 2.45) is 0 Å². The zero-order valence-corrected chi connectivity index (χ0v) is 10.9. The average Bonchev–Trinajstić information content (AvgIpc) is 2.40. The van der Waals surface area contributed by atoms with Gasteiger partial charge in [-0.15, -0.1) is 0 Å². The minimum absolute atomic E-state index is 0.361. The van der Waals surface area contributed by atoms with Gasteiger partial charge in [0.1, 0.15) is 0 Å². The number of esters is 1. The van der Waals surface area contributed by atoms with Gasteiger partial charge in [0.25, 0.3) is 0 Å². The molecule has 0 aliphatic heterocycles. The highest BCUT2D eigenvalue weighted by molar-refractivity contribution is 5.96. The maximum absolute atomic E-state index is 11.6. The van der Waals surface area contributed by atoms with Crippen LogP contribution in [0.4, 0.5) is 17.1 Å². The molecule has 0 aliphatic carbocycles. The molecule has 4 heteroatoms. The van der Waals surface area contributed by atoms with E-state index < -0.39 is 5.97 Å². The van der Waals surface area contributed by atoms with Crippen molar-refractivity contribution in [3.63, 3.8) is 0 Å². The molecule has 0 fully saturated rings. The van der Waals surface area contributed by atoms with E-state index >= 15 is 0 Å². The largest absolute Gasteiger partial charge is 0.465 e. The molecule has 0 spiro atoms. The molecule has 19 heavy (non-hydrogen) atoms. The fourth-order valence-electron chi connectivity index (χ4n) is 1.81. The molecule has 0 unspecified atom stereocenters. The van der Waals surface area contributed by atoms with Crippen molar-refractivity contribution in [1.82, 2.24) is 0 Å². The fourth-order valence-corrected chi connectivity index (χ4v) is 1.81. The number of anilines is 3. The molecule has 98 valence electrons.